The molecular formula is C21H24N2O3S2. The molecule has 0 fully saturated rings. The maximum atomic E-state index is 13.0. The summed E-state index contributed by atoms with van der Waals surface area (Å²) in [6.07, 6.45) is 5.26. The summed E-state index contributed by atoms with van der Waals surface area (Å²) in [6, 6.07) is 10.9. The Labute approximate surface area is 169 Å². The fourth-order valence-corrected chi connectivity index (χ4v) is 6.22. The monoisotopic (exact) mass is 416 g/mol. The molecule has 1 heterocycles. The zero-order valence-corrected chi connectivity index (χ0v) is 17.7. The van der Waals surface area contributed by atoms with E-state index >= 15 is 0 Å². The number of hydrogen-bond donors (Lipinski definition) is 1. The van der Waals surface area contributed by atoms with Crippen molar-refractivity contribution in [2.45, 2.75) is 50.0 Å². The van der Waals surface area contributed by atoms with Crippen molar-refractivity contribution in [1.82, 2.24) is 9.29 Å². The summed E-state index contributed by atoms with van der Waals surface area (Å²) in [4.78, 5) is 11.9. The molecule has 0 saturated carbocycles. The van der Waals surface area contributed by atoms with Crippen LogP contribution in [0, 0.1) is 0 Å². The summed E-state index contributed by atoms with van der Waals surface area (Å²) in [5.74, 6) is 0. The van der Waals surface area contributed by atoms with E-state index < -0.39 is 10.0 Å². The SMILES string of the molecule is CC[C@H](NS(=O)(=O)c1ccc2c(c1)sc(=O)n2C)c1ccc2c(c1)CCCC2. The van der Waals surface area contributed by atoms with E-state index in [1.54, 1.807) is 25.2 Å². The number of nitrogens with one attached hydrogen (secondary N) is 1. The van der Waals surface area contributed by atoms with E-state index in [-0.39, 0.29) is 15.8 Å². The molecule has 1 atom stereocenters. The molecule has 2 aromatic carbocycles. The van der Waals surface area contributed by atoms with E-state index in [0.717, 1.165) is 35.3 Å². The quantitative estimate of drug-likeness (QED) is 0.686. The molecular weight excluding hydrogens is 392 g/mol. The minimum Gasteiger partial charge on any atom is -0.302 e. The summed E-state index contributed by atoms with van der Waals surface area (Å²) < 4.78 is 31.1. The van der Waals surface area contributed by atoms with Crippen molar-refractivity contribution in [2.75, 3.05) is 0 Å². The van der Waals surface area contributed by atoms with E-state index in [4.69, 9.17) is 0 Å². The second-order valence-electron chi connectivity index (χ2n) is 7.37. The molecule has 3 aromatic rings. The maximum Gasteiger partial charge on any atom is 0.307 e. The molecule has 0 bridgehead atoms. The fraction of sp³-hybridized carbons (Fsp3) is 0.381. The Morgan fingerprint density at radius 1 is 1.11 bits per heavy atom. The number of rotatable bonds is 5. The van der Waals surface area contributed by atoms with E-state index in [1.165, 1.54) is 28.5 Å². The van der Waals surface area contributed by atoms with Crippen molar-refractivity contribution in [3.63, 3.8) is 0 Å². The average molecular weight is 417 g/mol. The van der Waals surface area contributed by atoms with Gasteiger partial charge < -0.3 is 4.57 Å². The van der Waals surface area contributed by atoms with E-state index in [2.05, 4.69) is 16.9 Å². The van der Waals surface area contributed by atoms with Crippen LogP contribution < -0.4 is 9.60 Å². The van der Waals surface area contributed by atoms with Gasteiger partial charge in [0.25, 0.3) is 0 Å². The molecule has 1 aliphatic rings. The summed E-state index contributed by atoms with van der Waals surface area (Å²) in [5.41, 5.74) is 4.49. The topological polar surface area (TPSA) is 68.2 Å². The summed E-state index contributed by atoms with van der Waals surface area (Å²) in [5, 5.41) is 0. The third-order valence-electron chi connectivity index (χ3n) is 5.55. The van der Waals surface area contributed by atoms with Gasteiger partial charge >= 0.3 is 4.87 Å². The van der Waals surface area contributed by atoms with Gasteiger partial charge in [0.2, 0.25) is 10.0 Å². The van der Waals surface area contributed by atoms with Gasteiger partial charge in [-0.15, -0.1) is 0 Å². The van der Waals surface area contributed by atoms with Crippen molar-refractivity contribution in [1.29, 1.82) is 0 Å². The minimum absolute atomic E-state index is 0.0991. The van der Waals surface area contributed by atoms with Gasteiger partial charge in [-0.1, -0.05) is 36.5 Å². The Balaban J connectivity index is 1.65. The Kier molecular flexibility index (Phi) is 5.16. The second-order valence-corrected chi connectivity index (χ2v) is 10.1. The van der Waals surface area contributed by atoms with Crippen LogP contribution in [0.25, 0.3) is 10.2 Å². The molecule has 0 aliphatic heterocycles. The van der Waals surface area contributed by atoms with E-state index in [0.29, 0.717) is 11.1 Å². The van der Waals surface area contributed by atoms with Gasteiger partial charge in [-0.3, -0.25) is 4.79 Å². The molecule has 0 amide bonds. The zero-order valence-electron chi connectivity index (χ0n) is 16.1. The van der Waals surface area contributed by atoms with Crippen molar-refractivity contribution >= 4 is 31.6 Å². The first-order chi connectivity index (χ1) is 13.4. The van der Waals surface area contributed by atoms with Gasteiger partial charge in [0.1, 0.15) is 0 Å². The lowest BCUT2D eigenvalue weighted by Gasteiger charge is -2.21. The van der Waals surface area contributed by atoms with Crippen molar-refractivity contribution in [3.8, 4) is 0 Å². The number of sulfonamides is 1. The summed E-state index contributed by atoms with van der Waals surface area (Å²) in [6.45, 7) is 1.98. The van der Waals surface area contributed by atoms with E-state index in [9.17, 15) is 13.2 Å². The highest BCUT2D eigenvalue weighted by atomic mass is 32.2. The summed E-state index contributed by atoms with van der Waals surface area (Å²) >= 11 is 1.06. The van der Waals surface area contributed by atoms with Crippen LogP contribution in [-0.2, 0) is 29.9 Å². The second kappa shape index (κ2) is 7.46. The third kappa shape index (κ3) is 3.54. The number of aryl methyl sites for hydroxylation is 3. The number of nitrogens with zero attached hydrogens (tertiary/aromatic N) is 1. The molecule has 1 N–H and O–H groups in total. The number of thiazole rings is 1. The zero-order chi connectivity index (χ0) is 19.9. The predicted molar refractivity (Wildman–Crippen MR) is 114 cm³/mol. The van der Waals surface area contributed by atoms with Crippen LogP contribution in [-0.4, -0.2) is 13.0 Å². The van der Waals surface area contributed by atoms with Crippen molar-refractivity contribution < 1.29 is 8.42 Å². The molecule has 5 nitrogen and oxygen atoms in total. The number of fused-ring (bicyclic) bond motifs is 2. The number of aromatic nitrogens is 1. The molecule has 7 heteroatoms. The third-order valence-corrected chi connectivity index (χ3v) is 8.02. The van der Waals surface area contributed by atoms with Gasteiger partial charge in [-0.25, -0.2) is 13.1 Å². The fourth-order valence-electron chi connectivity index (χ4n) is 3.89. The highest BCUT2D eigenvalue weighted by molar-refractivity contribution is 7.89. The first kappa shape index (κ1) is 19.4. The van der Waals surface area contributed by atoms with Crippen LogP contribution in [0.3, 0.4) is 0 Å². The van der Waals surface area contributed by atoms with Crippen LogP contribution >= 0.6 is 11.3 Å². The highest BCUT2D eigenvalue weighted by Crippen LogP contribution is 2.28. The molecule has 0 radical (unpaired) electrons. The molecule has 4 rings (SSSR count). The van der Waals surface area contributed by atoms with Gasteiger partial charge in [-0.2, -0.15) is 0 Å². The molecule has 0 spiro atoms. The lowest BCUT2D eigenvalue weighted by Crippen LogP contribution is -2.28. The van der Waals surface area contributed by atoms with Gasteiger partial charge in [-0.05, 0) is 67.0 Å². The molecule has 1 aromatic heterocycles. The van der Waals surface area contributed by atoms with Gasteiger partial charge in [0, 0.05) is 13.1 Å². The lowest BCUT2D eigenvalue weighted by atomic mass is 9.89. The lowest BCUT2D eigenvalue weighted by molar-refractivity contribution is 0.549. The van der Waals surface area contributed by atoms with Crippen LogP contribution in [0.4, 0.5) is 0 Å². The largest absolute Gasteiger partial charge is 0.307 e. The average Bonchev–Trinajstić information content (AvgIpc) is 2.99. The predicted octanol–water partition coefficient (Wildman–Crippen LogP) is 3.91. The normalized spacial score (nSPS) is 15.5. The van der Waals surface area contributed by atoms with Crippen molar-refractivity contribution in [3.05, 3.63) is 62.8 Å². The Bertz CT molecular complexity index is 1190. The first-order valence-corrected chi connectivity index (χ1v) is 11.9. The molecule has 0 saturated heterocycles. The molecule has 1 aliphatic carbocycles. The Hall–Kier alpha value is -1.96. The van der Waals surface area contributed by atoms with Crippen LogP contribution in [0.2, 0.25) is 0 Å². The van der Waals surface area contributed by atoms with Crippen LogP contribution in [0.5, 0.6) is 0 Å². The maximum absolute atomic E-state index is 13.0. The Morgan fingerprint density at radius 2 is 1.86 bits per heavy atom. The molecule has 28 heavy (non-hydrogen) atoms. The van der Waals surface area contributed by atoms with Crippen LogP contribution in [0.15, 0.2) is 46.1 Å². The Morgan fingerprint density at radius 3 is 2.61 bits per heavy atom. The number of benzene rings is 2. The first-order valence-electron chi connectivity index (χ1n) is 9.62. The standard InChI is InChI=1S/C21H24N2O3S2/c1-3-18(16-9-8-14-6-4-5-7-15(14)12-16)22-28(25,26)17-10-11-19-20(13-17)27-21(24)23(19)2/h8-13,18,22H,3-7H2,1-2H3/t18-/m0/s1. The van der Waals surface area contributed by atoms with Crippen LogP contribution in [0.1, 0.15) is 48.9 Å². The number of hydrogen-bond acceptors (Lipinski definition) is 4. The van der Waals surface area contributed by atoms with Gasteiger partial charge in [0.15, 0.2) is 0 Å². The smallest absolute Gasteiger partial charge is 0.302 e. The summed E-state index contributed by atoms with van der Waals surface area (Å²) in [7, 11) is -2.00. The highest BCUT2D eigenvalue weighted by Gasteiger charge is 2.22. The van der Waals surface area contributed by atoms with E-state index in [1.807, 2.05) is 13.0 Å². The molecule has 0 unspecified atom stereocenters. The van der Waals surface area contributed by atoms with Crippen molar-refractivity contribution in [2.24, 2.45) is 7.05 Å². The minimum atomic E-state index is -3.69. The van der Waals surface area contributed by atoms with Gasteiger partial charge in [0.05, 0.1) is 15.1 Å². The molecule has 148 valence electrons.